The average Bonchev–Trinajstić information content (AvgIpc) is 2.80. The molecular weight excluding hydrogens is 410 g/mol. The number of nitrogens with one attached hydrogen (secondary N) is 1. The highest BCUT2D eigenvalue weighted by molar-refractivity contribution is 7.99. The SMILES string of the molecule is COc1cccc(NC(=O)CSc2nc3ccccc3c(=O)n2Cc2ccccc2)c1. The summed E-state index contributed by atoms with van der Waals surface area (Å²) in [4.78, 5) is 30.3. The number of aromatic nitrogens is 2. The van der Waals surface area contributed by atoms with E-state index in [2.05, 4.69) is 10.3 Å². The smallest absolute Gasteiger partial charge is 0.262 e. The Morgan fingerprint density at radius 3 is 2.61 bits per heavy atom. The fraction of sp³-hybridized carbons (Fsp3) is 0.125. The van der Waals surface area contributed by atoms with Crippen molar-refractivity contribution in [3.8, 4) is 5.75 Å². The lowest BCUT2D eigenvalue weighted by atomic mass is 10.2. The third kappa shape index (κ3) is 4.95. The normalized spacial score (nSPS) is 10.7. The fourth-order valence-electron chi connectivity index (χ4n) is 3.19. The molecule has 0 bridgehead atoms. The number of thioether (sulfide) groups is 1. The zero-order valence-electron chi connectivity index (χ0n) is 16.9. The van der Waals surface area contributed by atoms with Gasteiger partial charge in [-0.05, 0) is 29.8 Å². The van der Waals surface area contributed by atoms with Gasteiger partial charge in [0.1, 0.15) is 5.75 Å². The topological polar surface area (TPSA) is 73.2 Å². The minimum Gasteiger partial charge on any atom is -0.497 e. The van der Waals surface area contributed by atoms with Gasteiger partial charge in [-0.1, -0.05) is 60.3 Å². The second-order valence-corrected chi connectivity index (χ2v) is 7.80. The van der Waals surface area contributed by atoms with E-state index in [9.17, 15) is 9.59 Å². The number of hydrogen-bond donors (Lipinski definition) is 1. The van der Waals surface area contributed by atoms with E-state index in [1.165, 1.54) is 11.8 Å². The largest absolute Gasteiger partial charge is 0.497 e. The molecule has 7 heteroatoms. The molecule has 0 fully saturated rings. The van der Waals surface area contributed by atoms with Gasteiger partial charge in [0.05, 0.1) is 30.3 Å². The van der Waals surface area contributed by atoms with Gasteiger partial charge in [0.2, 0.25) is 5.91 Å². The Balaban J connectivity index is 1.59. The molecule has 4 rings (SSSR count). The molecule has 1 amide bonds. The van der Waals surface area contributed by atoms with Gasteiger partial charge >= 0.3 is 0 Å². The summed E-state index contributed by atoms with van der Waals surface area (Å²) in [5.74, 6) is 0.599. The lowest BCUT2D eigenvalue weighted by Crippen LogP contribution is -2.24. The molecule has 1 N–H and O–H groups in total. The molecule has 0 unspecified atom stereocenters. The Labute approximate surface area is 183 Å². The maximum atomic E-state index is 13.2. The zero-order valence-corrected chi connectivity index (χ0v) is 17.8. The highest BCUT2D eigenvalue weighted by Crippen LogP contribution is 2.21. The van der Waals surface area contributed by atoms with Crippen molar-refractivity contribution in [1.82, 2.24) is 9.55 Å². The monoisotopic (exact) mass is 431 g/mol. The molecule has 0 aliphatic rings. The third-order valence-corrected chi connectivity index (χ3v) is 5.67. The summed E-state index contributed by atoms with van der Waals surface area (Å²) in [5.41, 5.74) is 2.14. The van der Waals surface area contributed by atoms with Crippen molar-refractivity contribution in [3.63, 3.8) is 0 Å². The first-order chi connectivity index (χ1) is 15.1. The van der Waals surface area contributed by atoms with Gasteiger partial charge in [0.25, 0.3) is 5.56 Å². The van der Waals surface area contributed by atoms with Crippen LogP contribution >= 0.6 is 11.8 Å². The summed E-state index contributed by atoms with van der Waals surface area (Å²) < 4.78 is 6.81. The molecule has 0 aliphatic carbocycles. The van der Waals surface area contributed by atoms with Crippen LogP contribution in [0.15, 0.2) is 88.8 Å². The number of methoxy groups -OCH3 is 1. The summed E-state index contributed by atoms with van der Waals surface area (Å²) in [6.07, 6.45) is 0. The van der Waals surface area contributed by atoms with Gasteiger partial charge in [0.15, 0.2) is 5.16 Å². The predicted octanol–water partition coefficient (Wildman–Crippen LogP) is 4.18. The van der Waals surface area contributed by atoms with E-state index in [4.69, 9.17) is 4.74 Å². The van der Waals surface area contributed by atoms with Crippen LogP contribution in [0.4, 0.5) is 5.69 Å². The van der Waals surface area contributed by atoms with E-state index in [0.717, 1.165) is 5.56 Å². The number of amides is 1. The minimum atomic E-state index is -0.188. The number of hydrogen-bond acceptors (Lipinski definition) is 5. The summed E-state index contributed by atoms with van der Waals surface area (Å²) in [6, 6.07) is 24.2. The second kappa shape index (κ2) is 9.49. The molecule has 0 aliphatic heterocycles. The van der Waals surface area contributed by atoms with Crippen LogP contribution in [-0.4, -0.2) is 28.3 Å². The molecule has 0 atom stereocenters. The number of nitrogens with zero attached hydrogens (tertiary/aromatic N) is 2. The number of carbonyl (C=O) groups is 1. The first-order valence-electron chi connectivity index (χ1n) is 9.74. The van der Waals surface area contributed by atoms with Crippen LogP contribution in [0.2, 0.25) is 0 Å². The summed E-state index contributed by atoms with van der Waals surface area (Å²) in [7, 11) is 1.58. The van der Waals surface area contributed by atoms with E-state index >= 15 is 0 Å². The molecule has 31 heavy (non-hydrogen) atoms. The third-order valence-electron chi connectivity index (χ3n) is 4.70. The first-order valence-corrected chi connectivity index (χ1v) is 10.7. The van der Waals surface area contributed by atoms with Crippen molar-refractivity contribution in [3.05, 3.63) is 94.8 Å². The molecule has 3 aromatic carbocycles. The number of para-hydroxylation sites is 1. The maximum Gasteiger partial charge on any atom is 0.262 e. The van der Waals surface area contributed by atoms with Crippen molar-refractivity contribution in [2.45, 2.75) is 11.7 Å². The molecule has 4 aromatic rings. The van der Waals surface area contributed by atoms with E-state index < -0.39 is 0 Å². The Morgan fingerprint density at radius 2 is 1.81 bits per heavy atom. The highest BCUT2D eigenvalue weighted by Gasteiger charge is 2.14. The number of anilines is 1. The first kappa shape index (κ1) is 20.7. The number of benzene rings is 3. The Hall–Kier alpha value is -3.58. The maximum absolute atomic E-state index is 13.2. The number of ether oxygens (including phenoxy) is 1. The van der Waals surface area contributed by atoms with Gasteiger partial charge in [-0.25, -0.2) is 4.98 Å². The Bertz CT molecular complexity index is 1270. The fourth-order valence-corrected chi connectivity index (χ4v) is 3.99. The standard InChI is InChI=1S/C24H21N3O3S/c1-30-19-11-7-10-18(14-19)25-22(28)16-31-24-26-21-13-6-5-12-20(21)23(29)27(24)15-17-8-3-2-4-9-17/h2-14H,15-16H2,1H3,(H,25,28). The summed E-state index contributed by atoms with van der Waals surface area (Å²) in [6.45, 7) is 0.386. The van der Waals surface area contributed by atoms with Crippen LogP contribution in [0.1, 0.15) is 5.56 Å². The average molecular weight is 432 g/mol. The van der Waals surface area contributed by atoms with Gasteiger partial charge in [0, 0.05) is 11.8 Å². The van der Waals surface area contributed by atoms with Gasteiger partial charge in [-0.15, -0.1) is 0 Å². The van der Waals surface area contributed by atoms with Crippen molar-refractivity contribution >= 4 is 34.3 Å². The number of rotatable bonds is 7. The second-order valence-electron chi connectivity index (χ2n) is 6.86. The van der Waals surface area contributed by atoms with Crippen molar-refractivity contribution in [1.29, 1.82) is 0 Å². The van der Waals surface area contributed by atoms with Crippen LogP contribution in [0.5, 0.6) is 5.75 Å². The van der Waals surface area contributed by atoms with Crippen LogP contribution < -0.4 is 15.6 Å². The Kier molecular flexibility index (Phi) is 6.33. The van der Waals surface area contributed by atoms with E-state index in [1.54, 1.807) is 29.9 Å². The molecular formula is C24H21N3O3S. The van der Waals surface area contributed by atoms with E-state index in [-0.39, 0.29) is 17.2 Å². The van der Waals surface area contributed by atoms with Crippen LogP contribution in [-0.2, 0) is 11.3 Å². The number of carbonyl (C=O) groups excluding carboxylic acids is 1. The van der Waals surface area contributed by atoms with Crippen LogP contribution in [0, 0.1) is 0 Å². The quantitative estimate of drug-likeness (QED) is 0.351. The minimum absolute atomic E-state index is 0.120. The van der Waals surface area contributed by atoms with Gasteiger partial charge in [-0.2, -0.15) is 0 Å². The van der Waals surface area contributed by atoms with Gasteiger partial charge < -0.3 is 10.1 Å². The molecule has 1 heterocycles. The molecule has 0 saturated carbocycles. The zero-order chi connectivity index (χ0) is 21.6. The van der Waals surface area contributed by atoms with Crippen LogP contribution in [0.3, 0.4) is 0 Å². The van der Waals surface area contributed by atoms with Crippen molar-refractivity contribution in [2.75, 3.05) is 18.2 Å². The summed E-state index contributed by atoms with van der Waals surface area (Å²) in [5, 5.41) is 3.92. The van der Waals surface area contributed by atoms with Gasteiger partial charge in [-0.3, -0.25) is 14.2 Å². The Morgan fingerprint density at radius 1 is 1.03 bits per heavy atom. The predicted molar refractivity (Wildman–Crippen MR) is 124 cm³/mol. The molecule has 6 nitrogen and oxygen atoms in total. The molecule has 0 spiro atoms. The van der Waals surface area contributed by atoms with E-state index in [1.807, 2.05) is 60.7 Å². The number of fused-ring (bicyclic) bond motifs is 1. The molecule has 1 aromatic heterocycles. The molecule has 156 valence electrons. The highest BCUT2D eigenvalue weighted by atomic mass is 32.2. The van der Waals surface area contributed by atoms with Crippen molar-refractivity contribution < 1.29 is 9.53 Å². The lowest BCUT2D eigenvalue weighted by molar-refractivity contribution is -0.113. The van der Waals surface area contributed by atoms with Crippen molar-refractivity contribution in [2.24, 2.45) is 0 Å². The van der Waals surface area contributed by atoms with Crippen LogP contribution in [0.25, 0.3) is 10.9 Å². The molecule has 0 saturated heterocycles. The lowest BCUT2D eigenvalue weighted by Gasteiger charge is -2.13. The summed E-state index contributed by atoms with van der Waals surface area (Å²) >= 11 is 1.24. The molecule has 0 radical (unpaired) electrons. The van der Waals surface area contributed by atoms with E-state index in [0.29, 0.717) is 34.0 Å².